The van der Waals surface area contributed by atoms with Gasteiger partial charge in [0.05, 0.1) is 12.1 Å². The van der Waals surface area contributed by atoms with E-state index in [1.165, 1.54) is 32.4 Å². The van der Waals surface area contributed by atoms with Crippen LogP contribution in [-0.2, 0) is 9.47 Å². The third kappa shape index (κ3) is 4.75. The predicted octanol–water partition coefficient (Wildman–Crippen LogP) is 3.39. The second kappa shape index (κ2) is 8.52. The molecule has 0 bridgehead atoms. The van der Waals surface area contributed by atoms with Gasteiger partial charge in [-0.3, -0.25) is 0 Å². The Morgan fingerprint density at radius 2 is 1.40 bits per heavy atom. The number of piperidine rings is 1. The molecule has 142 valence electrons. The Morgan fingerprint density at radius 1 is 0.880 bits per heavy atom. The molecule has 0 spiro atoms. The van der Waals surface area contributed by atoms with E-state index in [1.54, 1.807) is 0 Å². The molecular formula is C20H35N3O2. The summed E-state index contributed by atoms with van der Waals surface area (Å²) >= 11 is 0. The molecule has 0 aromatic rings. The van der Waals surface area contributed by atoms with E-state index in [4.69, 9.17) is 19.5 Å². The molecule has 0 amide bonds. The Morgan fingerprint density at radius 3 is 1.84 bits per heavy atom. The van der Waals surface area contributed by atoms with Crippen molar-refractivity contribution in [2.24, 2.45) is 27.7 Å². The highest BCUT2D eigenvalue weighted by Gasteiger charge is 2.35. The summed E-state index contributed by atoms with van der Waals surface area (Å²) in [6.45, 7) is 13.8. The lowest BCUT2D eigenvalue weighted by atomic mass is 10.0. The monoisotopic (exact) mass is 349 g/mol. The highest BCUT2D eigenvalue weighted by atomic mass is 16.5. The molecule has 3 aliphatic rings. The molecule has 1 fully saturated rings. The predicted molar refractivity (Wildman–Crippen MR) is 102 cm³/mol. The maximum Gasteiger partial charge on any atom is 0.196 e. The first kappa shape index (κ1) is 18.7. The summed E-state index contributed by atoms with van der Waals surface area (Å²) in [7, 11) is 0. The van der Waals surface area contributed by atoms with E-state index >= 15 is 0 Å². The average Bonchev–Trinajstić information content (AvgIpc) is 3.26. The molecule has 0 N–H and O–H groups in total. The van der Waals surface area contributed by atoms with Crippen LogP contribution >= 0.6 is 0 Å². The van der Waals surface area contributed by atoms with Gasteiger partial charge in [-0.15, -0.1) is 0 Å². The van der Waals surface area contributed by atoms with Crippen molar-refractivity contribution in [1.29, 1.82) is 0 Å². The summed E-state index contributed by atoms with van der Waals surface area (Å²) in [6, 6.07) is 0.547. The van der Waals surface area contributed by atoms with Crippen LogP contribution in [0.4, 0.5) is 0 Å². The number of hydrogen-bond acceptors (Lipinski definition) is 5. The second-order valence-corrected chi connectivity index (χ2v) is 8.42. The third-order valence-electron chi connectivity index (χ3n) is 5.71. The molecule has 0 saturated carbocycles. The molecule has 5 nitrogen and oxygen atoms in total. The lowest BCUT2D eigenvalue weighted by Crippen LogP contribution is -2.34. The summed E-state index contributed by atoms with van der Waals surface area (Å²) < 4.78 is 12.0. The van der Waals surface area contributed by atoms with Crippen molar-refractivity contribution in [2.45, 2.75) is 65.5 Å². The quantitative estimate of drug-likeness (QED) is 0.708. The van der Waals surface area contributed by atoms with Gasteiger partial charge in [0.2, 0.25) is 0 Å². The van der Waals surface area contributed by atoms with Crippen LogP contribution in [0.25, 0.3) is 0 Å². The van der Waals surface area contributed by atoms with Crippen molar-refractivity contribution in [1.82, 2.24) is 4.90 Å². The Hall–Kier alpha value is -1.10. The first-order valence-electron chi connectivity index (χ1n) is 10.2. The zero-order valence-corrected chi connectivity index (χ0v) is 16.4. The van der Waals surface area contributed by atoms with E-state index in [0.29, 0.717) is 25.0 Å². The zero-order valence-electron chi connectivity index (χ0n) is 16.4. The molecule has 2 atom stereocenters. The van der Waals surface area contributed by atoms with Crippen LogP contribution in [-0.4, -0.2) is 61.6 Å². The topological polar surface area (TPSA) is 46.4 Å². The van der Waals surface area contributed by atoms with Crippen molar-refractivity contribution >= 4 is 11.8 Å². The zero-order chi connectivity index (χ0) is 17.8. The van der Waals surface area contributed by atoms with Gasteiger partial charge >= 0.3 is 0 Å². The average molecular weight is 350 g/mol. The molecular weight excluding hydrogens is 314 g/mol. The third-order valence-corrected chi connectivity index (χ3v) is 5.71. The smallest absolute Gasteiger partial charge is 0.196 e. The van der Waals surface area contributed by atoms with Gasteiger partial charge < -0.3 is 14.4 Å². The molecule has 3 aliphatic heterocycles. The highest BCUT2D eigenvalue weighted by molar-refractivity contribution is 6.01. The maximum atomic E-state index is 6.01. The minimum Gasteiger partial charge on any atom is -0.478 e. The standard InChI is InChI=1S/C20H35N3O2/c1-14(2)17-12-24-19(21-17)16(8-11-23-9-6-5-7-10-23)20-22-18(13-25-20)15(3)4/h14-18H,5-13H2,1-4H3/t17-,18-/m1/s1. The second-order valence-electron chi connectivity index (χ2n) is 8.42. The van der Waals surface area contributed by atoms with Crippen molar-refractivity contribution in [3.8, 4) is 0 Å². The van der Waals surface area contributed by atoms with Crippen molar-refractivity contribution < 1.29 is 9.47 Å². The van der Waals surface area contributed by atoms with Gasteiger partial charge in [-0.05, 0) is 50.7 Å². The van der Waals surface area contributed by atoms with Gasteiger partial charge in [-0.2, -0.15) is 0 Å². The maximum absolute atomic E-state index is 6.01. The molecule has 0 aliphatic carbocycles. The summed E-state index contributed by atoms with van der Waals surface area (Å²) in [5.41, 5.74) is 0. The Balaban J connectivity index is 1.70. The molecule has 5 heteroatoms. The van der Waals surface area contributed by atoms with Crippen LogP contribution in [0.15, 0.2) is 9.98 Å². The van der Waals surface area contributed by atoms with Crippen LogP contribution in [0.2, 0.25) is 0 Å². The van der Waals surface area contributed by atoms with Crippen LogP contribution < -0.4 is 0 Å². The van der Waals surface area contributed by atoms with Gasteiger partial charge in [0.15, 0.2) is 11.8 Å². The van der Waals surface area contributed by atoms with Crippen LogP contribution in [0.5, 0.6) is 0 Å². The van der Waals surface area contributed by atoms with E-state index in [9.17, 15) is 0 Å². The van der Waals surface area contributed by atoms with Gasteiger partial charge in [-0.25, -0.2) is 9.98 Å². The van der Waals surface area contributed by atoms with Gasteiger partial charge in [-0.1, -0.05) is 34.1 Å². The SMILES string of the molecule is CC(C)[C@H]1COC(C(CCN2CCCCC2)C2=N[C@@H](C(C)C)CO2)=N1. The normalized spacial score (nSPS) is 27.6. The fourth-order valence-electron chi connectivity index (χ4n) is 3.73. The van der Waals surface area contributed by atoms with Gasteiger partial charge in [0, 0.05) is 0 Å². The molecule has 3 rings (SSSR count). The molecule has 25 heavy (non-hydrogen) atoms. The molecule has 3 heterocycles. The summed E-state index contributed by atoms with van der Waals surface area (Å²) in [5.74, 6) is 2.83. The minimum absolute atomic E-state index is 0.0921. The van der Waals surface area contributed by atoms with Gasteiger partial charge in [0.25, 0.3) is 0 Å². The van der Waals surface area contributed by atoms with Crippen molar-refractivity contribution in [3.63, 3.8) is 0 Å². The number of hydrogen-bond donors (Lipinski definition) is 0. The van der Waals surface area contributed by atoms with Crippen molar-refractivity contribution in [3.05, 3.63) is 0 Å². The first-order chi connectivity index (χ1) is 12.0. The summed E-state index contributed by atoms with van der Waals surface area (Å²) in [4.78, 5) is 12.3. The number of aliphatic imine (C=N–C) groups is 2. The van der Waals surface area contributed by atoms with Gasteiger partial charge in [0.1, 0.15) is 19.1 Å². The number of likely N-dealkylation sites (tertiary alicyclic amines) is 1. The molecule has 0 unspecified atom stereocenters. The van der Waals surface area contributed by atoms with E-state index in [0.717, 1.165) is 24.8 Å². The Kier molecular flexibility index (Phi) is 6.37. The Labute approximate surface area is 152 Å². The molecule has 0 aromatic carbocycles. The lowest BCUT2D eigenvalue weighted by Gasteiger charge is -2.27. The van der Waals surface area contributed by atoms with E-state index < -0.39 is 0 Å². The number of nitrogens with zero attached hydrogens (tertiary/aromatic N) is 3. The van der Waals surface area contributed by atoms with Crippen LogP contribution in [0.1, 0.15) is 53.4 Å². The molecule has 0 aromatic heterocycles. The summed E-state index contributed by atoms with van der Waals surface area (Å²) in [5, 5.41) is 0. The summed E-state index contributed by atoms with van der Waals surface area (Å²) in [6.07, 6.45) is 5.01. The van der Waals surface area contributed by atoms with E-state index in [-0.39, 0.29) is 18.0 Å². The fraction of sp³-hybridized carbons (Fsp3) is 0.900. The lowest BCUT2D eigenvalue weighted by molar-refractivity contribution is 0.214. The highest BCUT2D eigenvalue weighted by Crippen LogP contribution is 2.25. The minimum atomic E-state index is 0.0921. The van der Waals surface area contributed by atoms with E-state index in [1.807, 2.05) is 0 Å². The molecule has 1 saturated heterocycles. The van der Waals surface area contributed by atoms with E-state index in [2.05, 4.69) is 32.6 Å². The largest absolute Gasteiger partial charge is 0.478 e. The number of ether oxygens (including phenoxy) is 2. The first-order valence-corrected chi connectivity index (χ1v) is 10.2. The fourth-order valence-corrected chi connectivity index (χ4v) is 3.73. The van der Waals surface area contributed by atoms with Crippen molar-refractivity contribution in [2.75, 3.05) is 32.8 Å². The Bertz CT molecular complexity index is 461. The molecule has 0 radical (unpaired) electrons. The number of rotatable bonds is 7. The van der Waals surface area contributed by atoms with Crippen LogP contribution in [0, 0.1) is 17.8 Å². The van der Waals surface area contributed by atoms with Crippen LogP contribution in [0.3, 0.4) is 0 Å².